The molecule has 0 spiro atoms. The number of aromatic nitrogens is 1. The van der Waals surface area contributed by atoms with E-state index >= 15 is 0 Å². The van der Waals surface area contributed by atoms with Crippen molar-refractivity contribution >= 4 is 23.2 Å². The number of carboxylic acid groups (broad SMARTS) is 1. The van der Waals surface area contributed by atoms with Crippen LogP contribution in [0.15, 0.2) is 42.5 Å². The number of carbonyl (C=O) groups is 2. The summed E-state index contributed by atoms with van der Waals surface area (Å²) >= 11 is 1.25. The smallest absolute Gasteiger partial charge is 0.416 e. The van der Waals surface area contributed by atoms with Gasteiger partial charge in [0, 0.05) is 30.6 Å². The molecule has 6 rings (SSSR count). The number of aromatic carboxylic acids is 1. The zero-order chi connectivity index (χ0) is 28.6. The highest BCUT2D eigenvalue weighted by Gasteiger charge is 2.46. The maximum Gasteiger partial charge on any atom is 0.416 e. The number of alkyl halides is 3. The van der Waals surface area contributed by atoms with E-state index in [4.69, 9.17) is 15.6 Å². The third kappa shape index (κ3) is 5.44. The summed E-state index contributed by atoms with van der Waals surface area (Å²) in [4.78, 5) is 30.9. The van der Waals surface area contributed by atoms with Crippen molar-refractivity contribution in [2.24, 2.45) is 11.7 Å². The first-order chi connectivity index (χ1) is 19.1. The van der Waals surface area contributed by atoms with Crippen LogP contribution < -0.4 is 10.5 Å². The zero-order valence-corrected chi connectivity index (χ0v) is 22.7. The van der Waals surface area contributed by atoms with Gasteiger partial charge in [0.2, 0.25) is 0 Å². The van der Waals surface area contributed by atoms with Crippen LogP contribution in [0.2, 0.25) is 0 Å². The number of nitrogens with zero attached hydrogens (tertiary/aromatic N) is 2. The number of amides is 1. The summed E-state index contributed by atoms with van der Waals surface area (Å²) in [5.41, 5.74) is 7.00. The molecule has 40 heavy (non-hydrogen) atoms. The van der Waals surface area contributed by atoms with Crippen LogP contribution in [0.25, 0.3) is 10.4 Å². The molecule has 3 atom stereocenters. The average Bonchev–Trinajstić information content (AvgIpc) is 3.71. The van der Waals surface area contributed by atoms with Gasteiger partial charge >= 0.3 is 12.1 Å². The van der Waals surface area contributed by atoms with Gasteiger partial charge in [-0.15, -0.1) is 11.3 Å². The Morgan fingerprint density at radius 1 is 1.20 bits per heavy atom. The number of fused-ring (bicyclic) bond motifs is 2. The van der Waals surface area contributed by atoms with Crippen LogP contribution in [0.3, 0.4) is 0 Å². The average molecular weight is 574 g/mol. The fourth-order valence-electron chi connectivity index (χ4n) is 6.07. The molecule has 7 nitrogen and oxygen atoms in total. The Kier molecular flexibility index (Phi) is 7.87. The van der Waals surface area contributed by atoms with Gasteiger partial charge in [0.25, 0.3) is 5.91 Å². The van der Waals surface area contributed by atoms with Crippen molar-refractivity contribution in [2.45, 2.75) is 57.3 Å². The van der Waals surface area contributed by atoms with Crippen molar-refractivity contribution < 1.29 is 32.6 Å². The molecule has 212 valence electrons. The molecule has 1 aromatic heterocycles. The standard InChI is InChI=1S/C20H22F3N3OS.C9H8O3/c1-11-25-17(18(28-11)13-5-2-6-14(8-13)20(21,22)23)19(27)26-15(10-24)9-12-4-3-7-16(12)26;10-9(11)7-2-1-3-8-6(7)4-5-12-8/h2,5-6,8,12,15-16H,3-4,7,9-10,24H2,1H3;1-3H,4-5H2,(H,10,11)/t12-,15-,16-;/m0./s1. The highest BCUT2D eigenvalue weighted by Crippen LogP contribution is 2.43. The molecule has 11 heteroatoms. The van der Waals surface area contributed by atoms with Gasteiger partial charge in [0.15, 0.2) is 0 Å². The minimum absolute atomic E-state index is 0.0286. The first-order valence-corrected chi connectivity index (χ1v) is 14.1. The summed E-state index contributed by atoms with van der Waals surface area (Å²) in [6.07, 6.45) is 0.312. The monoisotopic (exact) mass is 573 g/mol. The van der Waals surface area contributed by atoms with Gasteiger partial charge in [-0.25, -0.2) is 9.78 Å². The molecule has 1 saturated heterocycles. The quantitative estimate of drug-likeness (QED) is 0.409. The molecular weight excluding hydrogens is 543 g/mol. The lowest BCUT2D eigenvalue weighted by molar-refractivity contribution is -0.137. The van der Waals surface area contributed by atoms with Gasteiger partial charge in [-0.3, -0.25) is 4.79 Å². The van der Waals surface area contributed by atoms with E-state index in [1.165, 1.54) is 17.4 Å². The molecule has 2 aliphatic heterocycles. The van der Waals surface area contributed by atoms with Crippen LogP contribution in [0.5, 0.6) is 5.75 Å². The van der Waals surface area contributed by atoms with E-state index in [-0.39, 0.29) is 23.7 Å². The molecule has 3 N–H and O–H groups in total. The van der Waals surface area contributed by atoms with E-state index in [1.54, 1.807) is 31.2 Å². The van der Waals surface area contributed by atoms with Crippen LogP contribution in [0.1, 0.15) is 62.7 Å². The van der Waals surface area contributed by atoms with E-state index in [9.17, 15) is 22.8 Å². The van der Waals surface area contributed by atoms with Crippen molar-refractivity contribution in [3.8, 4) is 16.2 Å². The summed E-state index contributed by atoms with van der Waals surface area (Å²) in [6.45, 7) is 2.75. The number of hydrogen-bond acceptors (Lipinski definition) is 6. The molecule has 0 unspecified atom stereocenters. The van der Waals surface area contributed by atoms with Gasteiger partial charge in [0.05, 0.1) is 27.6 Å². The fraction of sp³-hybridized carbons (Fsp3) is 0.414. The summed E-state index contributed by atoms with van der Waals surface area (Å²) in [7, 11) is 0. The van der Waals surface area contributed by atoms with Crippen LogP contribution in [-0.4, -0.2) is 52.1 Å². The van der Waals surface area contributed by atoms with Crippen molar-refractivity contribution in [3.63, 3.8) is 0 Å². The number of aryl methyl sites for hydroxylation is 1. The summed E-state index contributed by atoms with van der Waals surface area (Å²) < 4.78 is 44.6. The lowest BCUT2D eigenvalue weighted by Crippen LogP contribution is -2.44. The zero-order valence-electron chi connectivity index (χ0n) is 21.9. The molecule has 3 aromatic rings. The maximum absolute atomic E-state index is 13.4. The van der Waals surface area contributed by atoms with Crippen LogP contribution in [-0.2, 0) is 12.6 Å². The van der Waals surface area contributed by atoms with Gasteiger partial charge in [-0.2, -0.15) is 13.2 Å². The predicted octanol–water partition coefficient (Wildman–Crippen LogP) is 5.80. The molecule has 1 amide bonds. The minimum Gasteiger partial charge on any atom is -0.493 e. The Morgan fingerprint density at radius 3 is 2.70 bits per heavy atom. The largest absolute Gasteiger partial charge is 0.493 e. The summed E-state index contributed by atoms with van der Waals surface area (Å²) in [5, 5.41) is 9.45. The van der Waals surface area contributed by atoms with E-state index < -0.39 is 17.7 Å². The Hall–Kier alpha value is -3.44. The van der Waals surface area contributed by atoms with E-state index in [1.807, 2.05) is 4.90 Å². The third-order valence-corrected chi connectivity index (χ3v) is 8.83. The van der Waals surface area contributed by atoms with Crippen molar-refractivity contribution in [2.75, 3.05) is 13.2 Å². The number of halogens is 3. The topological polar surface area (TPSA) is 106 Å². The number of nitrogens with two attached hydrogens (primary N) is 1. The number of carbonyl (C=O) groups excluding carboxylic acids is 1. The van der Waals surface area contributed by atoms with Gasteiger partial charge in [-0.1, -0.05) is 24.6 Å². The van der Waals surface area contributed by atoms with Gasteiger partial charge in [0.1, 0.15) is 11.4 Å². The number of likely N-dealkylation sites (tertiary alicyclic amines) is 1. The van der Waals surface area contributed by atoms with Crippen molar-refractivity contribution in [1.29, 1.82) is 0 Å². The van der Waals surface area contributed by atoms with Crippen LogP contribution in [0.4, 0.5) is 13.2 Å². The lowest BCUT2D eigenvalue weighted by Gasteiger charge is -2.29. The fourth-order valence-corrected chi connectivity index (χ4v) is 6.97. The second-order valence-corrected chi connectivity index (χ2v) is 11.5. The van der Waals surface area contributed by atoms with Gasteiger partial charge < -0.3 is 20.5 Å². The number of carboxylic acids is 1. The molecule has 1 aliphatic carbocycles. The predicted molar refractivity (Wildman–Crippen MR) is 145 cm³/mol. The molecule has 3 aliphatic rings. The Balaban J connectivity index is 0.000000223. The van der Waals surface area contributed by atoms with Gasteiger partial charge in [-0.05, 0) is 61.9 Å². The SMILES string of the molecule is Cc1nc(C(=O)N2[C@H](CN)C[C@@H]3CCC[C@@H]32)c(-c2cccc(C(F)(F)F)c2)s1.O=C(O)c1cccc2c1CCO2. The van der Waals surface area contributed by atoms with Crippen molar-refractivity contribution in [1.82, 2.24) is 9.88 Å². The third-order valence-electron chi connectivity index (χ3n) is 7.81. The molecule has 1 saturated carbocycles. The second-order valence-electron chi connectivity index (χ2n) is 10.3. The first kappa shape index (κ1) is 28.1. The lowest BCUT2D eigenvalue weighted by atomic mass is 10.0. The van der Waals surface area contributed by atoms with E-state index in [2.05, 4.69) is 4.98 Å². The van der Waals surface area contributed by atoms with Crippen molar-refractivity contribution in [3.05, 3.63) is 69.9 Å². The highest BCUT2D eigenvalue weighted by molar-refractivity contribution is 7.15. The van der Waals surface area contributed by atoms with E-state index in [0.29, 0.717) is 46.5 Å². The van der Waals surface area contributed by atoms with E-state index in [0.717, 1.165) is 49.1 Å². The summed E-state index contributed by atoms with van der Waals surface area (Å²) in [5.74, 6) is 0.100. The number of ether oxygens (including phenoxy) is 1. The summed E-state index contributed by atoms with van der Waals surface area (Å²) in [6, 6.07) is 10.3. The first-order valence-electron chi connectivity index (χ1n) is 13.2. The number of benzene rings is 2. The Morgan fingerprint density at radius 2 is 1.98 bits per heavy atom. The molecule has 2 aromatic carbocycles. The molecule has 0 bridgehead atoms. The minimum atomic E-state index is -4.43. The Bertz CT molecular complexity index is 1420. The van der Waals surface area contributed by atoms with Crippen LogP contribution >= 0.6 is 11.3 Å². The highest BCUT2D eigenvalue weighted by atomic mass is 32.1. The number of rotatable bonds is 4. The molecule has 3 heterocycles. The number of hydrogen-bond donors (Lipinski definition) is 2. The second kappa shape index (κ2) is 11.2. The molecule has 2 fully saturated rings. The molecular formula is C29H30F3N3O4S. The normalized spacial score (nSPS) is 21.3. The molecule has 0 radical (unpaired) electrons. The van der Waals surface area contributed by atoms with Crippen LogP contribution in [0, 0.1) is 12.8 Å². The Labute approximate surface area is 233 Å². The number of thiazole rings is 1. The maximum atomic E-state index is 13.4.